The zero-order valence-corrected chi connectivity index (χ0v) is 12.6. The maximum absolute atomic E-state index is 13.1. The SMILES string of the molecule is CCCC(F)CPCCPCC(F)CCC. The molecule has 0 amide bonds. The zero-order valence-electron chi connectivity index (χ0n) is 10.6. The maximum atomic E-state index is 13.1. The first-order valence-electron chi connectivity index (χ1n) is 6.40. The van der Waals surface area contributed by atoms with Gasteiger partial charge in [-0.25, -0.2) is 8.78 Å². The molecule has 4 heteroatoms. The van der Waals surface area contributed by atoms with E-state index < -0.39 is 12.3 Å². The molecule has 0 saturated heterocycles. The van der Waals surface area contributed by atoms with E-state index >= 15 is 0 Å². The molecule has 0 radical (unpaired) electrons. The zero-order chi connectivity index (χ0) is 12.2. The Morgan fingerprint density at radius 1 is 0.812 bits per heavy atom. The number of hydrogen-bond acceptors (Lipinski definition) is 0. The number of hydrogen-bond donors (Lipinski definition) is 0. The lowest BCUT2D eigenvalue weighted by molar-refractivity contribution is 0.343. The van der Waals surface area contributed by atoms with Crippen molar-refractivity contribution in [2.45, 2.75) is 51.9 Å². The van der Waals surface area contributed by atoms with Crippen LogP contribution < -0.4 is 0 Å². The van der Waals surface area contributed by atoms with Gasteiger partial charge >= 0.3 is 0 Å². The third-order valence-electron chi connectivity index (χ3n) is 2.41. The van der Waals surface area contributed by atoms with Crippen molar-refractivity contribution in [2.75, 3.05) is 24.6 Å². The molecule has 0 spiro atoms. The molecule has 0 N–H and O–H groups in total. The molecule has 0 aliphatic rings. The van der Waals surface area contributed by atoms with Crippen LogP contribution >= 0.6 is 17.2 Å². The van der Waals surface area contributed by atoms with E-state index in [1.165, 1.54) is 0 Å². The molecule has 0 aromatic rings. The lowest BCUT2D eigenvalue weighted by Crippen LogP contribution is -2.04. The van der Waals surface area contributed by atoms with E-state index in [0.29, 0.717) is 12.8 Å². The Morgan fingerprint density at radius 3 is 1.50 bits per heavy atom. The maximum Gasteiger partial charge on any atom is 0.104 e. The lowest BCUT2D eigenvalue weighted by atomic mass is 10.2. The van der Waals surface area contributed by atoms with Crippen LogP contribution in [0.1, 0.15) is 39.5 Å². The average Bonchev–Trinajstić information content (AvgIpc) is 2.24. The van der Waals surface area contributed by atoms with Crippen LogP contribution in [0.2, 0.25) is 0 Å². The predicted molar refractivity (Wildman–Crippen MR) is 75.7 cm³/mol. The van der Waals surface area contributed by atoms with Crippen molar-refractivity contribution in [3.05, 3.63) is 0 Å². The molecule has 0 fully saturated rings. The van der Waals surface area contributed by atoms with Gasteiger partial charge in [0, 0.05) is 0 Å². The molecule has 0 bridgehead atoms. The summed E-state index contributed by atoms with van der Waals surface area (Å²) in [5, 5.41) is 0. The molecule has 0 aliphatic heterocycles. The molecule has 0 rings (SSSR count). The highest BCUT2D eigenvalue weighted by Crippen LogP contribution is 2.22. The van der Waals surface area contributed by atoms with Crippen LogP contribution in [-0.2, 0) is 0 Å². The molecule has 98 valence electrons. The monoisotopic (exact) mass is 270 g/mol. The summed E-state index contributed by atoms with van der Waals surface area (Å²) in [6.45, 7) is 4.04. The van der Waals surface area contributed by atoms with Crippen LogP contribution in [0.5, 0.6) is 0 Å². The summed E-state index contributed by atoms with van der Waals surface area (Å²) in [6.07, 6.45) is 5.75. The van der Waals surface area contributed by atoms with Crippen LogP contribution in [-0.4, -0.2) is 37.0 Å². The van der Waals surface area contributed by atoms with Gasteiger partial charge in [-0.2, -0.15) is 0 Å². The Labute approximate surface area is 103 Å². The first-order chi connectivity index (χ1) is 7.70. The summed E-state index contributed by atoms with van der Waals surface area (Å²) in [7, 11) is 1.47. The summed E-state index contributed by atoms with van der Waals surface area (Å²) in [4.78, 5) is 0. The first-order valence-corrected chi connectivity index (χ1v) is 9.23. The van der Waals surface area contributed by atoms with Crippen LogP contribution in [0.15, 0.2) is 0 Å². The van der Waals surface area contributed by atoms with Crippen LogP contribution in [0, 0.1) is 0 Å². The molecule has 0 nitrogen and oxygen atoms in total. The second-order valence-electron chi connectivity index (χ2n) is 4.18. The Balaban J connectivity index is 3.15. The highest BCUT2D eigenvalue weighted by molar-refractivity contribution is 7.42. The fourth-order valence-electron chi connectivity index (χ4n) is 1.52. The molecule has 4 unspecified atom stereocenters. The van der Waals surface area contributed by atoms with Gasteiger partial charge in [0.15, 0.2) is 0 Å². The summed E-state index contributed by atoms with van der Waals surface area (Å²) in [6, 6.07) is 0. The molecule has 4 atom stereocenters. The van der Waals surface area contributed by atoms with Gasteiger partial charge in [0.2, 0.25) is 0 Å². The number of halogens is 2. The molecule has 0 aromatic heterocycles. The molecule has 0 saturated carbocycles. The fraction of sp³-hybridized carbons (Fsp3) is 1.00. The third-order valence-corrected chi connectivity index (χ3v) is 5.58. The van der Waals surface area contributed by atoms with E-state index in [2.05, 4.69) is 0 Å². The van der Waals surface area contributed by atoms with Gasteiger partial charge in [0.05, 0.1) is 0 Å². The van der Waals surface area contributed by atoms with Crippen LogP contribution in [0.4, 0.5) is 8.78 Å². The Morgan fingerprint density at radius 2 is 1.19 bits per heavy atom. The topological polar surface area (TPSA) is 0 Å². The molecule has 0 aliphatic carbocycles. The molecular formula is C12H26F2P2. The minimum absolute atomic E-state index is 0.597. The van der Waals surface area contributed by atoms with Crippen molar-refractivity contribution in [3.8, 4) is 0 Å². The second-order valence-corrected chi connectivity index (χ2v) is 7.00. The van der Waals surface area contributed by atoms with Gasteiger partial charge in [0.25, 0.3) is 0 Å². The largest absolute Gasteiger partial charge is 0.247 e. The fourth-order valence-corrected chi connectivity index (χ4v) is 4.38. The quantitative estimate of drug-likeness (QED) is 0.379. The molecule has 0 heterocycles. The standard InChI is InChI=1S/C12H26F2P2/c1-3-5-11(13)9-15-7-8-16-10-12(14)6-4-2/h11-12,15-16H,3-10H2,1-2H3. The Kier molecular flexibility index (Phi) is 12.7. The van der Waals surface area contributed by atoms with Gasteiger partial charge in [0.1, 0.15) is 12.3 Å². The smallest absolute Gasteiger partial charge is 0.104 e. The van der Waals surface area contributed by atoms with Crippen molar-refractivity contribution in [2.24, 2.45) is 0 Å². The minimum Gasteiger partial charge on any atom is -0.247 e. The van der Waals surface area contributed by atoms with E-state index in [0.717, 1.165) is 54.7 Å². The number of rotatable bonds is 11. The summed E-state index contributed by atoms with van der Waals surface area (Å²) in [5.41, 5.74) is 0. The van der Waals surface area contributed by atoms with Crippen molar-refractivity contribution in [3.63, 3.8) is 0 Å². The van der Waals surface area contributed by atoms with Crippen LogP contribution in [0.3, 0.4) is 0 Å². The van der Waals surface area contributed by atoms with Crippen molar-refractivity contribution in [1.82, 2.24) is 0 Å². The van der Waals surface area contributed by atoms with E-state index in [-0.39, 0.29) is 0 Å². The summed E-state index contributed by atoms with van der Waals surface area (Å²) in [5.74, 6) is 0. The highest BCUT2D eigenvalue weighted by Gasteiger charge is 2.05. The Bertz CT molecular complexity index is 129. The van der Waals surface area contributed by atoms with Gasteiger partial charge in [-0.15, -0.1) is 17.2 Å². The summed E-state index contributed by atoms with van der Waals surface area (Å²) < 4.78 is 26.2. The Hall–Kier alpha value is 0.720. The normalized spacial score (nSPS) is 16.5. The van der Waals surface area contributed by atoms with Crippen molar-refractivity contribution >= 4 is 17.2 Å². The van der Waals surface area contributed by atoms with Crippen molar-refractivity contribution in [1.29, 1.82) is 0 Å². The lowest BCUT2D eigenvalue weighted by Gasteiger charge is -2.08. The summed E-state index contributed by atoms with van der Waals surface area (Å²) >= 11 is 0. The van der Waals surface area contributed by atoms with E-state index in [1.54, 1.807) is 0 Å². The van der Waals surface area contributed by atoms with E-state index in [4.69, 9.17) is 0 Å². The number of alkyl halides is 2. The third kappa shape index (κ3) is 11.2. The van der Waals surface area contributed by atoms with Gasteiger partial charge in [-0.1, -0.05) is 26.7 Å². The average molecular weight is 270 g/mol. The van der Waals surface area contributed by atoms with Gasteiger partial charge in [-0.05, 0) is 37.5 Å². The molecule has 16 heavy (non-hydrogen) atoms. The van der Waals surface area contributed by atoms with E-state index in [9.17, 15) is 8.78 Å². The molecular weight excluding hydrogens is 244 g/mol. The minimum atomic E-state index is -0.597. The molecule has 0 aromatic carbocycles. The van der Waals surface area contributed by atoms with E-state index in [1.807, 2.05) is 13.8 Å². The van der Waals surface area contributed by atoms with Crippen molar-refractivity contribution < 1.29 is 8.78 Å². The highest BCUT2D eigenvalue weighted by atomic mass is 31.1. The van der Waals surface area contributed by atoms with Gasteiger partial charge in [-0.3, -0.25) is 0 Å². The second kappa shape index (κ2) is 12.2. The van der Waals surface area contributed by atoms with Crippen LogP contribution in [0.25, 0.3) is 0 Å². The first kappa shape index (κ1) is 16.7. The van der Waals surface area contributed by atoms with Gasteiger partial charge < -0.3 is 0 Å². The predicted octanol–water partition coefficient (Wildman–Crippen LogP) is 4.62.